The molecule has 0 saturated carbocycles. The van der Waals surface area contributed by atoms with E-state index in [9.17, 15) is 19.0 Å². The third-order valence-corrected chi connectivity index (χ3v) is 11.7. The van der Waals surface area contributed by atoms with Gasteiger partial charge in [-0.05, 0) is 51.4 Å². The number of phosphoric ester groups is 1. The summed E-state index contributed by atoms with van der Waals surface area (Å²) < 4.78 is 32.8. The number of carbonyl (C=O) groups excluding carboxylic acids is 2. The molecule has 2 atom stereocenters. The highest BCUT2D eigenvalue weighted by Crippen LogP contribution is 2.43. The van der Waals surface area contributed by atoms with Crippen LogP contribution in [0.15, 0.2) is 60.8 Å². The second-order valence-electron chi connectivity index (χ2n) is 16.7. The largest absolute Gasteiger partial charge is 0.472 e. The van der Waals surface area contributed by atoms with E-state index in [0.29, 0.717) is 12.8 Å². The van der Waals surface area contributed by atoms with Crippen molar-refractivity contribution in [2.75, 3.05) is 26.4 Å². The third-order valence-electron chi connectivity index (χ3n) is 10.7. The fraction of sp³-hybridized carbons (Fsp3) is 0.769. The lowest BCUT2D eigenvalue weighted by Gasteiger charge is -2.19. The van der Waals surface area contributed by atoms with Gasteiger partial charge < -0.3 is 20.1 Å². The standard InChI is InChI=1S/C52H94NO8P/c1-3-5-7-9-11-13-15-17-19-21-23-24-25-27-29-31-33-35-37-39-41-43-45-52(55)61-50(49-60-62(56,57)59-47-46-53)48-58-51(54)44-42-40-38-36-34-32-30-28-26-22-20-18-16-14-12-10-8-6-4-2/h12,14,18,20,26,28,32,34,38,40,50H,3-11,13,15-17,19,21-25,27,29-31,33,35-37,39,41-49,53H2,1-2H3,(H,56,57)/b14-12+,20-18+,28-26+,34-32+,40-38+/t50-/m1/s1. The molecule has 0 aromatic carbocycles. The van der Waals surface area contributed by atoms with Crippen LogP contribution < -0.4 is 5.73 Å². The molecular weight excluding hydrogens is 798 g/mol. The second-order valence-corrected chi connectivity index (χ2v) is 18.1. The van der Waals surface area contributed by atoms with Gasteiger partial charge in [0.1, 0.15) is 6.61 Å². The average Bonchev–Trinajstić information content (AvgIpc) is 3.26. The Morgan fingerprint density at radius 2 is 0.871 bits per heavy atom. The number of phosphoric acid groups is 1. The van der Waals surface area contributed by atoms with Crippen molar-refractivity contribution in [3.63, 3.8) is 0 Å². The third kappa shape index (κ3) is 47.2. The molecule has 0 aliphatic heterocycles. The minimum atomic E-state index is -4.40. The molecule has 0 rings (SSSR count). The van der Waals surface area contributed by atoms with Crippen molar-refractivity contribution in [3.05, 3.63) is 60.8 Å². The Balaban J connectivity index is 4.14. The molecule has 0 aliphatic carbocycles. The van der Waals surface area contributed by atoms with Gasteiger partial charge in [-0.3, -0.25) is 18.6 Å². The van der Waals surface area contributed by atoms with Crippen LogP contribution in [-0.4, -0.2) is 49.3 Å². The van der Waals surface area contributed by atoms with Gasteiger partial charge in [-0.1, -0.05) is 222 Å². The second kappa shape index (κ2) is 48.2. The fourth-order valence-corrected chi connectivity index (χ4v) is 7.68. The minimum absolute atomic E-state index is 0.0431. The Hall–Kier alpha value is -2.29. The summed E-state index contributed by atoms with van der Waals surface area (Å²) in [4.78, 5) is 35.0. The van der Waals surface area contributed by atoms with Crippen molar-refractivity contribution in [2.24, 2.45) is 5.73 Å². The highest BCUT2D eigenvalue weighted by molar-refractivity contribution is 7.47. The summed E-state index contributed by atoms with van der Waals surface area (Å²) in [5, 5.41) is 0. The first-order chi connectivity index (χ1) is 30.3. The van der Waals surface area contributed by atoms with Crippen LogP contribution in [-0.2, 0) is 32.7 Å². The maximum Gasteiger partial charge on any atom is 0.472 e. The summed E-state index contributed by atoms with van der Waals surface area (Å²) in [5.41, 5.74) is 5.36. The molecule has 10 heteroatoms. The van der Waals surface area contributed by atoms with E-state index in [2.05, 4.69) is 62.5 Å². The summed E-state index contributed by atoms with van der Waals surface area (Å²) >= 11 is 0. The Morgan fingerprint density at radius 1 is 0.484 bits per heavy atom. The zero-order valence-electron chi connectivity index (χ0n) is 39.8. The number of hydrogen-bond acceptors (Lipinski definition) is 8. The molecule has 0 saturated heterocycles. The zero-order valence-corrected chi connectivity index (χ0v) is 40.7. The Bertz CT molecular complexity index is 1200. The fourth-order valence-electron chi connectivity index (χ4n) is 6.91. The highest BCUT2D eigenvalue weighted by Gasteiger charge is 2.26. The monoisotopic (exact) mass is 892 g/mol. The Kier molecular flexibility index (Phi) is 46.4. The summed E-state index contributed by atoms with van der Waals surface area (Å²) in [7, 11) is -4.40. The quantitative estimate of drug-likeness (QED) is 0.0265. The highest BCUT2D eigenvalue weighted by atomic mass is 31.2. The molecule has 9 nitrogen and oxygen atoms in total. The van der Waals surface area contributed by atoms with Gasteiger partial charge in [-0.15, -0.1) is 0 Å². The molecule has 0 aromatic rings. The number of unbranched alkanes of at least 4 members (excludes halogenated alkanes) is 24. The number of carbonyl (C=O) groups is 2. The van der Waals surface area contributed by atoms with Crippen LogP contribution in [0, 0.1) is 0 Å². The summed E-state index contributed by atoms with van der Waals surface area (Å²) in [5.74, 6) is -0.919. The van der Waals surface area contributed by atoms with Crippen molar-refractivity contribution < 1.29 is 37.6 Å². The smallest absolute Gasteiger partial charge is 0.462 e. The number of esters is 2. The van der Waals surface area contributed by atoms with Crippen LogP contribution in [0.1, 0.15) is 226 Å². The lowest BCUT2D eigenvalue weighted by molar-refractivity contribution is -0.161. The van der Waals surface area contributed by atoms with E-state index in [1.807, 2.05) is 12.2 Å². The number of allylic oxidation sites excluding steroid dienone is 10. The molecule has 0 aliphatic rings. The summed E-state index contributed by atoms with van der Waals surface area (Å²) in [6.07, 6.45) is 58.5. The van der Waals surface area contributed by atoms with E-state index in [4.69, 9.17) is 24.3 Å². The van der Waals surface area contributed by atoms with Crippen molar-refractivity contribution >= 4 is 19.8 Å². The van der Waals surface area contributed by atoms with Gasteiger partial charge in [0.2, 0.25) is 0 Å². The molecule has 62 heavy (non-hydrogen) atoms. The normalized spacial score (nSPS) is 13.7. The zero-order chi connectivity index (χ0) is 45.3. The minimum Gasteiger partial charge on any atom is -0.462 e. The maximum absolute atomic E-state index is 12.6. The van der Waals surface area contributed by atoms with Crippen molar-refractivity contribution in [1.29, 1.82) is 0 Å². The molecule has 0 spiro atoms. The first-order valence-corrected chi connectivity index (χ1v) is 26.8. The van der Waals surface area contributed by atoms with Crippen molar-refractivity contribution in [3.8, 4) is 0 Å². The number of ether oxygens (including phenoxy) is 2. The van der Waals surface area contributed by atoms with Crippen LogP contribution in [0.3, 0.4) is 0 Å². The molecule has 1 unspecified atom stereocenters. The van der Waals surface area contributed by atoms with Crippen LogP contribution in [0.25, 0.3) is 0 Å². The maximum atomic E-state index is 12.6. The van der Waals surface area contributed by atoms with Crippen molar-refractivity contribution in [1.82, 2.24) is 0 Å². The van der Waals surface area contributed by atoms with Gasteiger partial charge in [0.25, 0.3) is 0 Å². The number of rotatable bonds is 47. The lowest BCUT2D eigenvalue weighted by Crippen LogP contribution is -2.29. The predicted octanol–water partition coefficient (Wildman–Crippen LogP) is 15.2. The molecule has 360 valence electrons. The summed E-state index contributed by atoms with van der Waals surface area (Å²) in [6, 6.07) is 0. The molecular formula is C52H94NO8P. The number of nitrogens with two attached hydrogens (primary N) is 1. The predicted molar refractivity (Wildman–Crippen MR) is 261 cm³/mol. The van der Waals surface area contributed by atoms with E-state index in [1.54, 1.807) is 0 Å². The van der Waals surface area contributed by atoms with Gasteiger partial charge in [0, 0.05) is 19.4 Å². The SMILES string of the molecule is CCCCC/C=C/C/C=C/C/C=C/C/C=C/C/C=C/CCC(=O)OC[C@H](COP(=O)(O)OCCN)OC(=O)CCCCCCCCCCCCCCCCCCCCCCCC. The average molecular weight is 892 g/mol. The molecule has 0 radical (unpaired) electrons. The van der Waals surface area contributed by atoms with Gasteiger partial charge >= 0.3 is 19.8 Å². The number of hydrogen-bond donors (Lipinski definition) is 2. The molecule has 3 N–H and O–H groups in total. The Labute approximate surface area is 380 Å². The van der Waals surface area contributed by atoms with Crippen molar-refractivity contribution in [2.45, 2.75) is 232 Å². The van der Waals surface area contributed by atoms with E-state index in [1.165, 1.54) is 141 Å². The molecule has 0 amide bonds. The van der Waals surface area contributed by atoms with E-state index in [0.717, 1.165) is 44.9 Å². The first-order valence-electron chi connectivity index (χ1n) is 25.3. The van der Waals surface area contributed by atoms with E-state index < -0.39 is 32.5 Å². The van der Waals surface area contributed by atoms with Gasteiger partial charge in [-0.2, -0.15) is 0 Å². The molecule has 0 heterocycles. The van der Waals surface area contributed by atoms with Gasteiger partial charge in [0.15, 0.2) is 6.10 Å². The lowest BCUT2D eigenvalue weighted by atomic mass is 10.0. The van der Waals surface area contributed by atoms with E-state index >= 15 is 0 Å². The Morgan fingerprint density at radius 3 is 1.31 bits per heavy atom. The van der Waals surface area contributed by atoms with Gasteiger partial charge in [-0.25, -0.2) is 4.57 Å². The van der Waals surface area contributed by atoms with Crippen LogP contribution in [0.4, 0.5) is 0 Å². The molecule has 0 bridgehead atoms. The molecule has 0 aromatic heterocycles. The van der Waals surface area contributed by atoms with Crippen LogP contribution in [0.2, 0.25) is 0 Å². The topological polar surface area (TPSA) is 134 Å². The van der Waals surface area contributed by atoms with Crippen LogP contribution in [0.5, 0.6) is 0 Å². The first kappa shape index (κ1) is 59.7. The van der Waals surface area contributed by atoms with Crippen LogP contribution >= 0.6 is 7.82 Å². The molecule has 0 fully saturated rings. The van der Waals surface area contributed by atoms with E-state index in [-0.39, 0.29) is 32.6 Å². The summed E-state index contributed by atoms with van der Waals surface area (Å²) in [6.45, 7) is 3.65. The van der Waals surface area contributed by atoms with Gasteiger partial charge in [0.05, 0.1) is 13.2 Å².